The molecule has 5 rings (SSSR count). The molecule has 2 aromatic heterocycles. The Kier molecular flexibility index (Phi) is 5.76. The number of hydrogen-bond acceptors (Lipinski definition) is 6. The Hall–Kier alpha value is -2.52. The molecule has 2 atom stereocenters. The summed E-state index contributed by atoms with van der Waals surface area (Å²) in [6.45, 7) is 15.4. The van der Waals surface area contributed by atoms with E-state index < -0.39 is 20.2 Å². The van der Waals surface area contributed by atoms with Gasteiger partial charge in [0.25, 0.3) is 5.56 Å². The van der Waals surface area contributed by atoms with E-state index in [2.05, 4.69) is 46.9 Å². The monoisotopic (exact) mass is 508 g/mol. The lowest BCUT2D eigenvalue weighted by molar-refractivity contribution is -0.236. The average molecular weight is 509 g/mol. The molecule has 0 fully saturated rings. The Morgan fingerprint density at radius 1 is 1.22 bits per heavy atom. The number of aromatic nitrogens is 2. The summed E-state index contributed by atoms with van der Waals surface area (Å²) < 4.78 is 13.7. The summed E-state index contributed by atoms with van der Waals surface area (Å²) in [5.41, 5.74) is 3.46. The summed E-state index contributed by atoms with van der Waals surface area (Å²) in [5.74, 6) is 0.854. The van der Waals surface area contributed by atoms with Crippen molar-refractivity contribution >= 4 is 19.2 Å². The second-order valence-corrected chi connectivity index (χ2v) is 16.3. The molecule has 0 saturated carbocycles. The van der Waals surface area contributed by atoms with Crippen LogP contribution in [-0.4, -0.2) is 34.4 Å². The highest BCUT2D eigenvalue weighted by molar-refractivity contribution is 6.74. The highest BCUT2D eigenvalue weighted by Gasteiger charge is 2.44. The van der Waals surface area contributed by atoms with Crippen LogP contribution in [0.2, 0.25) is 18.1 Å². The van der Waals surface area contributed by atoms with Crippen LogP contribution in [0.1, 0.15) is 63.3 Å². The first-order valence-corrected chi connectivity index (χ1v) is 15.7. The zero-order valence-electron chi connectivity index (χ0n) is 22.2. The second kappa shape index (κ2) is 8.24. The lowest BCUT2D eigenvalue weighted by Gasteiger charge is -2.37. The third kappa shape index (κ3) is 3.57. The van der Waals surface area contributed by atoms with Crippen LogP contribution in [0, 0.1) is 0 Å². The molecule has 8 heteroatoms. The van der Waals surface area contributed by atoms with Gasteiger partial charge in [0.15, 0.2) is 6.29 Å². The van der Waals surface area contributed by atoms with E-state index in [0.29, 0.717) is 23.4 Å². The molecular formula is C28H36N2O5Si. The summed E-state index contributed by atoms with van der Waals surface area (Å²) in [4.78, 5) is 18.5. The number of aryl methyl sites for hydroxylation is 1. The Labute approximate surface area is 212 Å². The Morgan fingerprint density at radius 3 is 2.58 bits per heavy atom. The van der Waals surface area contributed by atoms with E-state index in [1.807, 2.05) is 18.2 Å². The maximum atomic E-state index is 13.5. The van der Waals surface area contributed by atoms with Crippen molar-refractivity contribution in [2.45, 2.75) is 90.6 Å². The number of fused-ring (bicyclic) bond motifs is 5. The lowest BCUT2D eigenvalue weighted by atomic mass is 9.85. The predicted octanol–water partition coefficient (Wildman–Crippen LogP) is 4.82. The van der Waals surface area contributed by atoms with Gasteiger partial charge in [-0.2, -0.15) is 0 Å². The van der Waals surface area contributed by atoms with Crippen molar-refractivity contribution in [3.8, 4) is 17.1 Å². The lowest BCUT2D eigenvalue weighted by Crippen LogP contribution is -2.47. The van der Waals surface area contributed by atoms with Gasteiger partial charge in [0, 0.05) is 22.1 Å². The van der Waals surface area contributed by atoms with Gasteiger partial charge < -0.3 is 23.9 Å². The summed E-state index contributed by atoms with van der Waals surface area (Å²) >= 11 is 0. The molecule has 2 aliphatic rings. The van der Waals surface area contributed by atoms with Crippen molar-refractivity contribution in [1.29, 1.82) is 0 Å². The highest BCUT2D eigenvalue weighted by Crippen LogP contribution is 2.42. The minimum absolute atomic E-state index is 0.0293. The number of ether oxygens (including phenoxy) is 1. The van der Waals surface area contributed by atoms with Gasteiger partial charge in [-0.15, -0.1) is 0 Å². The molecule has 0 spiro atoms. The topological polar surface area (TPSA) is 93.8 Å². The van der Waals surface area contributed by atoms with Gasteiger partial charge in [-0.3, -0.25) is 4.79 Å². The van der Waals surface area contributed by atoms with Crippen LogP contribution in [0.5, 0.6) is 5.75 Å². The standard InChI is InChI=1S/C28H36N2O5Si/c1-8-17-18-12-16(35-36(6,7)27(3,4)5)10-11-22(18)29-24-19(17)14-30-23(24)13-21-20(25(30)31)15-34-26(32)28(21,33)9-2/h10-13,26,32-33H,8-9,14-15H2,1-7H3. The third-order valence-electron chi connectivity index (χ3n) is 8.47. The average Bonchev–Trinajstić information content (AvgIpc) is 3.18. The molecule has 0 saturated heterocycles. The van der Waals surface area contributed by atoms with E-state index >= 15 is 0 Å². The smallest absolute Gasteiger partial charge is 0.257 e. The number of nitrogens with zero attached hydrogens (tertiary/aromatic N) is 2. The predicted molar refractivity (Wildman–Crippen MR) is 143 cm³/mol. The van der Waals surface area contributed by atoms with Crippen LogP contribution in [0.3, 0.4) is 0 Å². The largest absolute Gasteiger partial charge is 0.543 e. The van der Waals surface area contributed by atoms with Gasteiger partial charge in [0.1, 0.15) is 11.4 Å². The quantitative estimate of drug-likeness (QED) is 0.384. The molecule has 2 aliphatic heterocycles. The molecule has 2 unspecified atom stereocenters. The van der Waals surface area contributed by atoms with Gasteiger partial charge in [-0.1, -0.05) is 34.6 Å². The van der Waals surface area contributed by atoms with Crippen molar-refractivity contribution in [2.75, 3.05) is 0 Å². The van der Waals surface area contributed by atoms with Gasteiger partial charge in [0.05, 0.1) is 30.1 Å². The zero-order chi connectivity index (χ0) is 26.2. The Bertz CT molecular complexity index is 1440. The molecule has 3 aromatic rings. The third-order valence-corrected chi connectivity index (χ3v) is 12.8. The Balaban J connectivity index is 1.68. The van der Waals surface area contributed by atoms with Crippen molar-refractivity contribution in [3.63, 3.8) is 0 Å². The summed E-state index contributed by atoms with van der Waals surface area (Å²) in [6.07, 6.45) is -0.374. The number of rotatable bonds is 4. The molecule has 192 valence electrons. The van der Waals surface area contributed by atoms with Gasteiger partial charge in [0.2, 0.25) is 8.32 Å². The fraction of sp³-hybridized carbons (Fsp3) is 0.500. The molecule has 0 radical (unpaired) electrons. The maximum absolute atomic E-state index is 13.5. The summed E-state index contributed by atoms with van der Waals surface area (Å²) in [5, 5.41) is 22.7. The van der Waals surface area contributed by atoms with E-state index in [0.717, 1.165) is 39.9 Å². The van der Waals surface area contributed by atoms with Gasteiger partial charge in [-0.05, 0) is 60.8 Å². The summed E-state index contributed by atoms with van der Waals surface area (Å²) in [6, 6.07) is 7.90. The van der Waals surface area contributed by atoms with E-state index in [1.165, 1.54) is 0 Å². The van der Waals surface area contributed by atoms with Crippen molar-refractivity contribution in [1.82, 2.24) is 9.55 Å². The van der Waals surface area contributed by atoms with Gasteiger partial charge in [-0.25, -0.2) is 4.98 Å². The molecule has 2 N–H and O–H groups in total. The van der Waals surface area contributed by atoms with Crippen LogP contribution >= 0.6 is 0 Å². The van der Waals surface area contributed by atoms with Crippen LogP contribution in [0.15, 0.2) is 29.1 Å². The van der Waals surface area contributed by atoms with Crippen LogP contribution in [0.25, 0.3) is 22.3 Å². The second-order valence-electron chi connectivity index (χ2n) is 11.6. The normalized spacial score (nSPS) is 21.3. The number of pyridine rings is 2. The van der Waals surface area contributed by atoms with Gasteiger partial charge >= 0.3 is 0 Å². The minimum atomic E-state index is -2.00. The molecule has 0 aliphatic carbocycles. The van der Waals surface area contributed by atoms with Crippen LogP contribution in [-0.2, 0) is 29.9 Å². The van der Waals surface area contributed by atoms with Crippen LogP contribution in [0.4, 0.5) is 0 Å². The van der Waals surface area contributed by atoms with Crippen molar-refractivity contribution < 1.29 is 19.4 Å². The molecule has 0 bridgehead atoms. The van der Waals surface area contributed by atoms with Crippen molar-refractivity contribution in [3.05, 3.63) is 56.9 Å². The molecule has 0 amide bonds. The van der Waals surface area contributed by atoms with Crippen LogP contribution < -0.4 is 9.99 Å². The molecule has 1 aromatic carbocycles. The Morgan fingerprint density at radius 2 is 1.94 bits per heavy atom. The van der Waals surface area contributed by atoms with E-state index in [1.54, 1.807) is 11.5 Å². The molecule has 36 heavy (non-hydrogen) atoms. The number of aliphatic hydroxyl groups excluding tert-OH is 1. The number of hydrogen-bond donors (Lipinski definition) is 2. The number of benzene rings is 1. The minimum Gasteiger partial charge on any atom is -0.543 e. The van der Waals surface area contributed by atoms with E-state index in [-0.39, 0.29) is 23.6 Å². The fourth-order valence-corrected chi connectivity index (χ4v) is 6.19. The highest BCUT2D eigenvalue weighted by atomic mass is 28.4. The van der Waals surface area contributed by atoms with E-state index in [4.69, 9.17) is 14.1 Å². The first kappa shape index (κ1) is 25.1. The number of aliphatic hydroxyl groups is 2. The fourth-order valence-electron chi connectivity index (χ4n) is 5.17. The molecule has 7 nitrogen and oxygen atoms in total. The molecule has 4 heterocycles. The molecular weight excluding hydrogens is 472 g/mol. The first-order valence-electron chi connectivity index (χ1n) is 12.8. The SMILES string of the molecule is CCc1c2c(nc3ccc(O[Si](C)(C)C(C)(C)C)cc13)-c1cc3c(c(=O)n1C2)COC(O)C3(O)CC. The van der Waals surface area contributed by atoms with E-state index in [9.17, 15) is 15.0 Å². The maximum Gasteiger partial charge on any atom is 0.257 e. The van der Waals surface area contributed by atoms with Crippen molar-refractivity contribution in [2.24, 2.45) is 0 Å². The first-order chi connectivity index (χ1) is 16.8. The summed E-state index contributed by atoms with van der Waals surface area (Å²) in [7, 11) is -2.00. The zero-order valence-corrected chi connectivity index (χ0v) is 23.2.